The Kier molecular flexibility index (Phi) is 4.99. The van der Waals surface area contributed by atoms with E-state index >= 15 is 0 Å². The molecule has 0 aromatic carbocycles. The van der Waals surface area contributed by atoms with Gasteiger partial charge in [-0.3, -0.25) is 10.1 Å². The first-order chi connectivity index (χ1) is 8.91. The Morgan fingerprint density at radius 1 is 1.42 bits per heavy atom. The molecule has 2 N–H and O–H groups in total. The Labute approximate surface area is 111 Å². The molecule has 8 heteroatoms. The first kappa shape index (κ1) is 15.1. The minimum Gasteiger partial charge on any atom is -0.374 e. The molecule has 0 aliphatic rings. The van der Waals surface area contributed by atoms with E-state index in [1.165, 1.54) is 6.33 Å². The molecule has 0 saturated heterocycles. The zero-order chi connectivity index (χ0) is 14.5. The van der Waals surface area contributed by atoms with E-state index in [2.05, 4.69) is 20.6 Å². The number of ether oxygens (including phenoxy) is 1. The van der Waals surface area contributed by atoms with E-state index in [0.29, 0.717) is 13.2 Å². The van der Waals surface area contributed by atoms with Crippen LogP contribution in [0.5, 0.6) is 0 Å². The Morgan fingerprint density at radius 3 is 2.58 bits per heavy atom. The maximum absolute atomic E-state index is 11.1. The van der Waals surface area contributed by atoms with Crippen LogP contribution >= 0.6 is 0 Å². The SMILES string of the molecule is CCOC(C)(C)CNc1ncnc(NC)c1[N+](=O)[O-]. The van der Waals surface area contributed by atoms with Gasteiger partial charge >= 0.3 is 5.69 Å². The third-order valence-electron chi connectivity index (χ3n) is 2.46. The number of rotatable bonds is 7. The van der Waals surface area contributed by atoms with Crippen LogP contribution in [0.25, 0.3) is 0 Å². The summed E-state index contributed by atoms with van der Waals surface area (Å²) >= 11 is 0. The Hall–Kier alpha value is -1.96. The van der Waals surface area contributed by atoms with E-state index in [-0.39, 0.29) is 17.3 Å². The van der Waals surface area contributed by atoms with Crippen molar-refractivity contribution in [2.75, 3.05) is 30.8 Å². The largest absolute Gasteiger partial charge is 0.374 e. The summed E-state index contributed by atoms with van der Waals surface area (Å²) in [6.45, 7) is 6.67. The van der Waals surface area contributed by atoms with Gasteiger partial charge in [0.05, 0.1) is 10.5 Å². The van der Waals surface area contributed by atoms with Crippen molar-refractivity contribution in [2.24, 2.45) is 0 Å². The summed E-state index contributed by atoms with van der Waals surface area (Å²) in [7, 11) is 1.57. The van der Waals surface area contributed by atoms with Gasteiger partial charge in [-0.2, -0.15) is 0 Å². The molecule has 1 rings (SSSR count). The molecule has 106 valence electrons. The van der Waals surface area contributed by atoms with Crippen LogP contribution in [0.3, 0.4) is 0 Å². The van der Waals surface area contributed by atoms with Gasteiger partial charge in [-0.25, -0.2) is 9.97 Å². The van der Waals surface area contributed by atoms with Crippen LogP contribution in [-0.4, -0.2) is 40.7 Å². The van der Waals surface area contributed by atoms with E-state index in [1.807, 2.05) is 20.8 Å². The van der Waals surface area contributed by atoms with Crippen LogP contribution < -0.4 is 10.6 Å². The molecule has 1 aromatic rings. The van der Waals surface area contributed by atoms with Crippen LogP contribution in [-0.2, 0) is 4.74 Å². The fraction of sp³-hybridized carbons (Fsp3) is 0.636. The second-order valence-electron chi connectivity index (χ2n) is 4.47. The number of aromatic nitrogens is 2. The summed E-state index contributed by atoms with van der Waals surface area (Å²) in [6, 6.07) is 0. The molecular formula is C11H19N5O3. The van der Waals surface area contributed by atoms with Gasteiger partial charge in [0.2, 0.25) is 11.6 Å². The topological polar surface area (TPSA) is 102 Å². The van der Waals surface area contributed by atoms with Gasteiger partial charge in [0.15, 0.2) is 0 Å². The summed E-state index contributed by atoms with van der Waals surface area (Å²) in [4.78, 5) is 18.3. The highest BCUT2D eigenvalue weighted by Crippen LogP contribution is 2.28. The van der Waals surface area contributed by atoms with Gasteiger partial charge in [-0.1, -0.05) is 0 Å². The zero-order valence-corrected chi connectivity index (χ0v) is 11.6. The molecule has 19 heavy (non-hydrogen) atoms. The average Bonchev–Trinajstić information content (AvgIpc) is 2.35. The Bertz CT molecular complexity index is 450. The van der Waals surface area contributed by atoms with Crippen molar-refractivity contribution >= 4 is 17.3 Å². The molecule has 0 aliphatic heterocycles. The molecule has 0 atom stereocenters. The molecule has 0 bridgehead atoms. The van der Waals surface area contributed by atoms with Crippen LogP contribution in [0.4, 0.5) is 17.3 Å². The number of nitrogens with zero attached hydrogens (tertiary/aromatic N) is 3. The lowest BCUT2D eigenvalue weighted by molar-refractivity contribution is -0.383. The molecule has 8 nitrogen and oxygen atoms in total. The van der Waals surface area contributed by atoms with Crippen molar-refractivity contribution in [3.05, 3.63) is 16.4 Å². The fourth-order valence-electron chi connectivity index (χ4n) is 1.60. The van der Waals surface area contributed by atoms with Gasteiger partial charge in [0.1, 0.15) is 6.33 Å². The molecule has 1 heterocycles. The van der Waals surface area contributed by atoms with Crippen LogP contribution in [0.1, 0.15) is 20.8 Å². The van der Waals surface area contributed by atoms with E-state index in [0.717, 1.165) is 0 Å². The zero-order valence-electron chi connectivity index (χ0n) is 11.6. The van der Waals surface area contributed by atoms with E-state index < -0.39 is 10.5 Å². The summed E-state index contributed by atoms with van der Waals surface area (Å²) in [5, 5.41) is 16.7. The highest BCUT2D eigenvalue weighted by Gasteiger charge is 2.24. The second kappa shape index (κ2) is 6.28. The maximum Gasteiger partial charge on any atom is 0.353 e. The van der Waals surface area contributed by atoms with Gasteiger partial charge in [-0.05, 0) is 20.8 Å². The van der Waals surface area contributed by atoms with Crippen molar-refractivity contribution in [3.63, 3.8) is 0 Å². The quantitative estimate of drug-likeness (QED) is 0.573. The predicted octanol–water partition coefficient (Wildman–Crippen LogP) is 1.65. The molecule has 0 radical (unpaired) electrons. The second-order valence-corrected chi connectivity index (χ2v) is 4.47. The number of nitro groups is 1. The number of anilines is 2. The monoisotopic (exact) mass is 269 g/mol. The van der Waals surface area contributed by atoms with Crippen molar-refractivity contribution in [3.8, 4) is 0 Å². The van der Waals surface area contributed by atoms with E-state index in [4.69, 9.17) is 4.74 Å². The van der Waals surface area contributed by atoms with E-state index in [9.17, 15) is 10.1 Å². The van der Waals surface area contributed by atoms with Crippen molar-refractivity contribution < 1.29 is 9.66 Å². The molecule has 0 spiro atoms. The lowest BCUT2D eigenvalue weighted by Gasteiger charge is -2.25. The third kappa shape index (κ3) is 4.02. The standard InChI is InChI=1S/C11H19N5O3/c1-5-19-11(2,3)6-13-10-8(16(17)18)9(12-4)14-7-15-10/h7H,5-6H2,1-4H3,(H2,12,13,14,15). The van der Waals surface area contributed by atoms with Crippen LogP contribution in [0.15, 0.2) is 6.33 Å². The molecular weight excluding hydrogens is 250 g/mol. The van der Waals surface area contributed by atoms with Gasteiger partial charge in [0.25, 0.3) is 0 Å². The molecule has 0 fully saturated rings. The van der Waals surface area contributed by atoms with Gasteiger partial charge in [0, 0.05) is 20.2 Å². The first-order valence-corrected chi connectivity index (χ1v) is 5.96. The summed E-state index contributed by atoms with van der Waals surface area (Å²) in [5.41, 5.74) is -0.606. The normalized spacial score (nSPS) is 11.2. The number of hydrogen-bond donors (Lipinski definition) is 2. The summed E-state index contributed by atoms with van der Waals surface area (Å²) < 4.78 is 5.52. The Morgan fingerprint density at radius 2 is 2.05 bits per heavy atom. The minimum atomic E-state index is -0.512. The van der Waals surface area contributed by atoms with Crippen molar-refractivity contribution in [1.29, 1.82) is 0 Å². The smallest absolute Gasteiger partial charge is 0.353 e. The fourth-order valence-corrected chi connectivity index (χ4v) is 1.60. The highest BCUT2D eigenvalue weighted by atomic mass is 16.6. The minimum absolute atomic E-state index is 0.169. The summed E-state index contributed by atoms with van der Waals surface area (Å²) in [5.74, 6) is 0.355. The lowest BCUT2D eigenvalue weighted by atomic mass is 10.1. The average molecular weight is 269 g/mol. The molecule has 1 aromatic heterocycles. The number of hydrogen-bond acceptors (Lipinski definition) is 7. The first-order valence-electron chi connectivity index (χ1n) is 5.96. The highest BCUT2D eigenvalue weighted by molar-refractivity contribution is 5.69. The molecule has 0 unspecified atom stereocenters. The lowest BCUT2D eigenvalue weighted by Crippen LogP contribution is -2.33. The number of nitrogens with one attached hydrogen (secondary N) is 2. The maximum atomic E-state index is 11.1. The predicted molar refractivity (Wildman–Crippen MR) is 72.4 cm³/mol. The van der Waals surface area contributed by atoms with Gasteiger partial charge < -0.3 is 15.4 Å². The Balaban J connectivity index is 2.92. The van der Waals surface area contributed by atoms with Crippen LogP contribution in [0.2, 0.25) is 0 Å². The third-order valence-corrected chi connectivity index (χ3v) is 2.46. The van der Waals surface area contributed by atoms with E-state index in [1.54, 1.807) is 7.05 Å². The van der Waals surface area contributed by atoms with Crippen molar-refractivity contribution in [2.45, 2.75) is 26.4 Å². The van der Waals surface area contributed by atoms with Crippen molar-refractivity contribution in [1.82, 2.24) is 9.97 Å². The molecule has 0 saturated carbocycles. The summed E-state index contributed by atoms with van der Waals surface area (Å²) in [6.07, 6.45) is 1.27. The van der Waals surface area contributed by atoms with Crippen LogP contribution in [0, 0.1) is 10.1 Å². The molecule has 0 aliphatic carbocycles. The molecule has 0 amide bonds. The van der Waals surface area contributed by atoms with Gasteiger partial charge in [-0.15, -0.1) is 0 Å².